The van der Waals surface area contributed by atoms with Crippen LogP contribution in [-0.2, 0) is 13.2 Å². The second-order valence-corrected chi connectivity index (χ2v) is 7.60. The van der Waals surface area contributed by atoms with Gasteiger partial charge in [-0.25, -0.2) is 0 Å². The summed E-state index contributed by atoms with van der Waals surface area (Å²) < 4.78 is 11.7. The minimum absolute atomic E-state index is 0.155. The smallest absolute Gasteiger partial charge is 0.163 e. The van der Waals surface area contributed by atoms with Crippen molar-refractivity contribution in [3.8, 4) is 11.5 Å². The molecular formula is C21H27Cl3N2O3. The second-order valence-electron chi connectivity index (χ2n) is 6.35. The Morgan fingerprint density at radius 2 is 1.59 bits per heavy atom. The molecule has 0 saturated carbocycles. The van der Waals surface area contributed by atoms with Gasteiger partial charge in [0.25, 0.3) is 0 Å². The predicted molar refractivity (Wildman–Crippen MR) is 120 cm³/mol. The van der Waals surface area contributed by atoms with E-state index in [0.29, 0.717) is 46.3 Å². The molecule has 0 atom stereocenters. The first-order chi connectivity index (χ1) is 14.0. The van der Waals surface area contributed by atoms with Crippen LogP contribution in [0.4, 0.5) is 0 Å². The van der Waals surface area contributed by atoms with Gasteiger partial charge in [-0.15, -0.1) is 0 Å². The molecule has 2 aromatic rings. The van der Waals surface area contributed by atoms with Crippen LogP contribution in [0.1, 0.15) is 24.5 Å². The van der Waals surface area contributed by atoms with Gasteiger partial charge in [0.1, 0.15) is 6.61 Å². The summed E-state index contributed by atoms with van der Waals surface area (Å²) >= 11 is 18.6. The van der Waals surface area contributed by atoms with Crippen LogP contribution >= 0.6 is 34.8 Å². The molecule has 3 N–H and O–H groups in total. The molecule has 8 heteroatoms. The van der Waals surface area contributed by atoms with Gasteiger partial charge >= 0.3 is 0 Å². The predicted octanol–water partition coefficient (Wildman–Crippen LogP) is 4.69. The quantitative estimate of drug-likeness (QED) is 0.378. The van der Waals surface area contributed by atoms with Crippen LogP contribution in [-0.4, -0.2) is 38.0 Å². The Bertz CT molecular complexity index is 775. The molecule has 0 radical (unpaired) electrons. The van der Waals surface area contributed by atoms with Gasteiger partial charge < -0.3 is 25.2 Å². The molecule has 0 amide bonds. The highest BCUT2D eigenvalue weighted by Gasteiger charge is 2.12. The average molecular weight is 462 g/mol. The van der Waals surface area contributed by atoms with E-state index < -0.39 is 0 Å². The highest BCUT2D eigenvalue weighted by molar-refractivity contribution is 6.35. The first kappa shape index (κ1) is 24.1. The van der Waals surface area contributed by atoms with Crippen LogP contribution in [0.5, 0.6) is 11.5 Å². The minimum atomic E-state index is 0.155. The van der Waals surface area contributed by atoms with E-state index in [1.165, 1.54) is 0 Å². The van der Waals surface area contributed by atoms with Crippen molar-refractivity contribution in [3.05, 3.63) is 56.5 Å². The third kappa shape index (κ3) is 8.21. The molecule has 0 bridgehead atoms. The first-order valence-corrected chi connectivity index (χ1v) is 10.7. The molecule has 160 valence electrons. The molecule has 0 aliphatic rings. The van der Waals surface area contributed by atoms with Crippen LogP contribution in [0.15, 0.2) is 30.3 Å². The molecule has 0 aliphatic carbocycles. The van der Waals surface area contributed by atoms with Gasteiger partial charge in [0.15, 0.2) is 11.5 Å². The summed E-state index contributed by atoms with van der Waals surface area (Å²) in [5.74, 6) is 1.21. The highest BCUT2D eigenvalue weighted by Crippen LogP contribution is 2.35. The van der Waals surface area contributed by atoms with E-state index in [4.69, 9.17) is 49.4 Å². The zero-order valence-electron chi connectivity index (χ0n) is 16.4. The lowest BCUT2D eigenvalue weighted by molar-refractivity contribution is 0.269. The number of rotatable bonds is 13. The number of nitrogens with one attached hydrogen (secondary N) is 2. The number of ether oxygens (including phenoxy) is 2. The Morgan fingerprint density at radius 3 is 2.31 bits per heavy atom. The molecule has 0 heterocycles. The summed E-state index contributed by atoms with van der Waals surface area (Å²) in [5.41, 5.74) is 1.77. The number of benzene rings is 2. The fourth-order valence-electron chi connectivity index (χ4n) is 2.65. The maximum absolute atomic E-state index is 8.74. The minimum Gasteiger partial charge on any atom is -0.490 e. The summed E-state index contributed by atoms with van der Waals surface area (Å²) in [6.07, 6.45) is 0.957. The van der Waals surface area contributed by atoms with E-state index in [2.05, 4.69) is 10.6 Å². The Morgan fingerprint density at radius 1 is 0.862 bits per heavy atom. The van der Waals surface area contributed by atoms with Crippen molar-refractivity contribution >= 4 is 34.8 Å². The Hall–Kier alpha value is -1.21. The number of hydrogen-bond acceptors (Lipinski definition) is 5. The van der Waals surface area contributed by atoms with Crippen LogP contribution in [0.2, 0.25) is 15.1 Å². The SMILES string of the molecule is CCOc1cc(CNCCCNCCO)c(Cl)cc1OCc1ccc(Cl)cc1Cl. The largest absolute Gasteiger partial charge is 0.490 e. The summed E-state index contributed by atoms with van der Waals surface area (Å²) in [5, 5.41) is 17.0. The van der Waals surface area contributed by atoms with Crippen LogP contribution in [0.25, 0.3) is 0 Å². The molecule has 0 aliphatic heterocycles. The third-order valence-electron chi connectivity index (χ3n) is 4.12. The molecule has 2 rings (SSSR count). The van der Waals surface area contributed by atoms with Gasteiger partial charge in [0.2, 0.25) is 0 Å². The van der Waals surface area contributed by atoms with Crippen molar-refractivity contribution in [3.63, 3.8) is 0 Å². The molecule has 0 aromatic heterocycles. The molecule has 5 nitrogen and oxygen atoms in total. The first-order valence-electron chi connectivity index (χ1n) is 9.59. The molecule has 0 fully saturated rings. The number of aliphatic hydroxyl groups is 1. The normalized spacial score (nSPS) is 10.9. The van der Waals surface area contributed by atoms with Gasteiger partial charge in [0, 0.05) is 39.8 Å². The highest BCUT2D eigenvalue weighted by atomic mass is 35.5. The van der Waals surface area contributed by atoms with Crippen LogP contribution in [0.3, 0.4) is 0 Å². The summed E-state index contributed by atoms with van der Waals surface area (Å²) in [7, 11) is 0. The molecule has 2 aromatic carbocycles. The summed E-state index contributed by atoms with van der Waals surface area (Å²) in [6.45, 7) is 5.81. The summed E-state index contributed by atoms with van der Waals surface area (Å²) in [4.78, 5) is 0. The zero-order chi connectivity index (χ0) is 21.1. The molecule has 0 spiro atoms. The van der Waals surface area contributed by atoms with Crippen molar-refractivity contribution in [2.45, 2.75) is 26.5 Å². The zero-order valence-corrected chi connectivity index (χ0v) is 18.7. The third-order valence-corrected chi connectivity index (χ3v) is 5.06. The van der Waals surface area contributed by atoms with E-state index in [9.17, 15) is 0 Å². The molecule has 29 heavy (non-hydrogen) atoms. The lowest BCUT2D eigenvalue weighted by atomic mass is 10.2. The van der Waals surface area contributed by atoms with E-state index in [-0.39, 0.29) is 13.2 Å². The molecular weight excluding hydrogens is 435 g/mol. The number of aliphatic hydroxyl groups excluding tert-OH is 1. The van der Waals surface area contributed by atoms with Gasteiger partial charge in [-0.3, -0.25) is 0 Å². The van der Waals surface area contributed by atoms with Crippen molar-refractivity contribution in [1.29, 1.82) is 0 Å². The van der Waals surface area contributed by atoms with Crippen LogP contribution < -0.4 is 20.1 Å². The number of hydrogen-bond donors (Lipinski definition) is 3. The lowest BCUT2D eigenvalue weighted by Gasteiger charge is -2.16. The van der Waals surface area contributed by atoms with Gasteiger partial charge in [-0.05, 0) is 50.2 Å². The maximum Gasteiger partial charge on any atom is 0.163 e. The summed E-state index contributed by atoms with van der Waals surface area (Å²) in [6, 6.07) is 8.97. The lowest BCUT2D eigenvalue weighted by Crippen LogP contribution is -2.24. The van der Waals surface area contributed by atoms with Crippen molar-refractivity contribution in [1.82, 2.24) is 10.6 Å². The second kappa shape index (κ2) is 13.2. The van der Waals surface area contributed by atoms with Crippen molar-refractivity contribution in [2.24, 2.45) is 0 Å². The monoisotopic (exact) mass is 460 g/mol. The van der Waals surface area contributed by atoms with Crippen molar-refractivity contribution in [2.75, 3.05) is 32.8 Å². The Labute approximate surface area is 187 Å². The van der Waals surface area contributed by atoms with Crippen LogP contribution in [0, 0.1) is 0 Å². The fourth-order valence-corrected chi connectivity index (χ4v) is 3.34. The average Bonchev–Trinajstić information content (AvgIpc) is 2.69. The maximum atomic E-state index is 8.74. The van der Waals surface area contributed by atoms with Gasteiger partial charge in [0.05, 0.1) is 13.2 Å². The van der Waals surface area contributed by atoms with Gasteiger partial charge in [-0.1, -0.05) is 40.9 Å². The van der Waals surface area contributed by atoms with E-state index in [0.717, 1.165) is 30.6 Å². The van der Waals surface area contributed by atoms with Crippen molar-refractivity contribution < 1.29 is 14.6 Å². The van der Waals surface area contributed by atoms with E-state index >= 15 is 0 Å². The topological polar surface area (TPSA) is 62.8 Å². The fraction of sp³-hybridized carbons (Fsp3) is 0.429. The Balaban J connectivity index is 1.97. The Kier molecular flexibility index (Phi) is 10.9. The molecule has 0 saturated heterocycles. The van der Waals surface area contributed by atoms with Gasteiger partial charge in [-0.2, -0.15) is 0 Å². The van der Waals surface area contributed by atoms with E-state index in [1.54, 1.807) is 18.2 Å². The standard InChI is InChI=1S/C21H27Cl3N2O3/c1-2-28-20-10-16(13-26-7-3-6-25-8-9-27)19(24)12-21(20)29-14-15-4-5-17(22)11-18(15)23/h4-5,10-12,25-27H,2-3,6-9,13-14H2,1H3. The van der Waals surface area contributed by atoms with E-state index in [1.807, 2.05) is 19.1 Å². The molecule has 0 unspecified atom stereocenters. The number of halogens is 3.